The molecule has 0 bridgehead atoms. The third kappa shape index (κ3) is 3.82. The summed E-state index contributed by atoms with van der Waals surface area (Å²) in [5.41, 5.74) is 11.7. The molecule has 8 aromatic rings. The van der Waals surface area contributed by atoms with Gasteiger partial charge in [-0.1, -0.05) is 152 Å². The van der Waals surface area contributed by atoms with Gasteiger partial charge in [0, 0.05) is 27.8 Å². The molecule has 1 aliphatic carbocycles. The third-order valence-corrected chi connectivity index (χ3v) is 9.97. The number of ether oxygens (including phenoxy) is 1. The van der Waals surface area contributed by atoms with E-state index >= 15 is 0 Å². The highest BCUT2D eigenvalue weighted by molar-refractivity contribution is 5.96. The number of para-hydroxylation sites is 1. The van der Waals surface area contributed by atoms with Crippen molar-refractivity contribution in [3.05, 3.63) is 192 Å². The standard InChI is InChI=1S/C45H28N2O/c1-2-14-30(15-3-1)44-46-40(28-41(47-44)35-20-12-16-29-13-4-5-17-32(29)35)31-25-26-39-43(27-31)48-42-24-11-10-23-38(42)45(39)36-21-8-6-18-33(36)34-19-7-9-22-37(34)45/h1-28H. The molecule has 1 aromatic heterocycles. The normalized spacial score (nSPS) is 13.3. The average Bonchev–Trinajstić information content (AvgIpc) is 3.45. The van der Waals surface area contributed by atoms with E-state index in [0.717, 1.165) is 56.1 Å². The van der Waals surface area contributed by atoms with Crippen molar-refractivity contribution >= 4 is 10.8 Å². The van der Waals surface area contributed by atoms with Gasteiger partial charge in [0.2, 0.25) is 0 Å². The van der Waals surface area contributed by atoms with Gasteiger partial charge >= 0.3 is 0 Å². The van der Waals surface area contributed by atoms with Crippen LogP contribution in [0.5, 0.6) is 11.5 Å². The average molecular weight is 613 g/mol. The highest BCUT2D eigenvalue weighted by Crippen LogP contribution is 2.62. The summed E-state index contributed by atoms with van der Waals surface area (Å²) < 4.78 is 6.80. The minimum absolute atomic E-state index is 0.495. The lowest BCUT2D eigenvalue weighted by Crippen LogP contribution is -2.32. The molecule has 2 aliphatic rings. The Balaban J connectivity index is 1.21. The molecule has 0 N–H and O–H groups in total. The smallest absolute Gasteiger partial charge is 0.160 e. The van der Waals surface area contributed by atoms with E-state index in [1.54, 1.807) is 0 Å². The summed E-state index contributed by atoms with van der Waals surface area (Å²) in [5, 5.41) is 2.34. The third-order valence-electron chi connectivity index (χ3n) is 9.97. The van der Waals surface area contributed by atoms with Gasteiger partial charge in [0.1, 0.15) is 11.5 Å². The molecule has 0 saturated heterocycles. The Morgan fingerprint density at radius 1 is 0.396 bits per heavy atom. The molecule has 0 fully saturated rings. The van der Waals surface area contributed by atoms with Gasteiger partial charge in [-0.3, -0.25) is 0 Å². The number of fused-ring (bicyclic) bond motifs is 10. The molecular formula is C45H28N2O. The maximum atomic E-state index is 6.80. The number of nitrogens with zero attached hydrogens (tertiary/aromatic N) is 2. The second kappa shape index (κ2) is 10.3. The first-order valence-corrected chi connectivity index (χ1v) is 16.3. The molecule has 0 unspecified atom stereocenters. The molecule has 0 radical (unpaired) electrons. The highest BCUT2D eigenvalue weighted by Gasteiger charge is 2.50. The van der Waals surface area contributed by atoms with Crippen LogP contribution in [0.1, 0.15) is 22.3 Å². The minimum Gasteiger partial charge on any atom is -0.457 e. The quantitative estimate of drug-likeness (QED) is 0.199. The Morgan fingerprint density at radius 3 is 1.81 bits per heavy atom. The van der Waals surface area contributed by atoms with E-state index in [0.29, 0.717) is 5.82 Å². The van der Waals surface area contributed by atoms with Crippen LogP contribution in [0.3, 0.4) is 0 Å². The van der Waals surface area contributed by atoms with Gasteiger partial charge in [-0.15, -0.1) is 0 Å². The van der Waals surface area contributed by atoms with Gasteiger partial charge in [0.15, 0.2) is 5.82 Å². The Hall–Kier alpha value is -6.32. The fourth-order valence-electron chi connectivity index (χ4n) is 7.92. The number of benzene rings is 7. The molecule has 224 valence electrons. The van der Waals surface area contributed by atoms with E-state index in [2.05, 4.69) is 152 Å². The molecular weight excluding hydrogens is 585 g/mol. The number of hydrogen-bond acceptors (Lipinski definition) is 3. The molecule has 48 heavy (non-hydrogen) atoms. The Morgan fingerprint density at radius 2 is 1.00 bits per heavy atom. The Labute approximate surface area is 278 Å². The van der Waals surface area contributed by atoms with E-state index in [-0.39, 0.29) is 0 Å². The molecule has 0 atom stereocenters. The lowest BCUT2D eigenvalue weighted by atomic mass is 9.66. The van der Waals surface area contributed by atoms with Gasteiger partial charge in [-0.05, 0) is 51.2 Å². The van der Waals surface area contributed by atoms with Crippen molar-refractivity contribution in [1.29, 1.82) is 0 Å². The number of rotatable bonds is 3. The summed E-state index contributed by atoms with van der Waals surface area (Å²) in [5.74, 6) is 2.40. The van der Waals surface area contributed by atoms with Crippen LogP contribution in [-0.2, 0) is 5.41 Å². The molecule has 3 heteroatoms. The monoisotopic (exact) mass is 612 g/mol. The van der Waals surface area contributed by atoms with Gasteiger partial charge in [-0.2, -0.15) is 0 Å². The van der Waals surface area contributed by atoms with Crippen LogP contribution in [0.15, 0.2) is 170 Å². The minimum atomic E-state index is -0.495. The first kappa shape index (κ1) is 26.9. The molecule has 1 aliphatic heterocycles. The van der Waals surface area contributed by atoms with Crippen LogP contribution in [0.2, 0.25) is 0 Å². The van der Waals surface area contributed by atoms with Crippen molar-refractivity contribution < 1.29 is 4.74 Å². The molecule has 0 saturated carbocycles. The van der Waals surface area contributed by atoms with Gasteiger partial charge < -0.3 is 4.74 Å². The maximum absolute atomic E-state index is 6.80. The first-order valence-electron chi connectivity index (χ1n) is 16.3. The van der Waals surface area contributed by atoms with E-state index in [1.807, 2.05) is 18.2 Å². The van der Waals surface area contributed by atoms with Crippen molar-refractivity contribution in [2.45, 2.75) is 5.41 Å². The molecule has 1 spiro atoms. The van der Waals surface area contributed by atoms with Crippen molar-refractivity contribution in [3.63, 3.8) is 0 Å². The van der Waals surface area contributed by atoms with Crippen LogP contribution in [0.25, 0.3) is 55.8 Å². The summed E-state index contributed by atoms with van der Waals surface area (Å²) in [4.78, 5) is 10.3. The summed E-state index contributed by atoms with van der Waals surface area (Å²) >= 11 is 0. The van der Waals surface area contributed by atoms with Gasteiger partial charge in [0.25, 0.3) is 0 Å². The molecule has 2 heterocycles. The number of hydrogen-bond donors (Lipinski definition) is 0. The second-order valence-corrected chi connectivity index (χ2v) is 12.5. The maximum Gasteiger partial charge on any atom is 0.160 e. The first-order chi connectivity index (χ1) is 23.8. The highest BCUT2D eigenvalue weighted by atomic mass is 16.5. The Kier molecular flexibility index (Phi) is 5.79. The second-order valence-electron chi connectivity index (χ2n) is 12.5. The predicted octanol–water partition coefficient (Wildman–Crippen LogP) is 11.1. The van der Waals surface area contributed by atoms with Crippen molar-refractivity contribution in [2.75, 3.05) is 0 Å². The van der Waals surface area contributed by atoms with Crippen LogP contribution < -0.4 is 4.74 Å². The lowest BCUT2D eigenvalue weighted by Gasteiger charge is -2.39. The summed E-state index contributed by atoms with van der Waals surface area (Å²) in [6, 6.07) is 59.9. The fraction of sp³-hybridized carbons (Fsp3) is 0.0222. The van der Waals surface area contributed by atoms with E-state index in [4.69, 9.17) is 14.7 Å². The zero-order chi connectivity index (χ0) is 31.7. The van der Waals surface area contributed by atoms with Gasteiger partial charge in [-0.25, -0.2) is 9.97 Å². The van der Waals surface area contributed by atoms with Crippen molar-refractivity contribution in [3.8, 4) is 56.5 Å². The fourth-order valence-corrected chi connectivity index (χ4v) is 7.92. The van der Waals surface area contributed by atoms with Crippen molar-refractivity contribution in [2.24, 2.45) is 0 Å². The summed E-state index contributed by atoms with van der Waals surface area (Å²) in [6.45, 7) is 0. The van der Waals surface area contributed by atoms with E-state index < -0.39 is 5.41 Å². The van der Waals surface area contributed by atoms with Crippen LogP contribution in [0.4, 0.5) is 0 Å². The largest absolute Gasteiger partial charge is 0.457 e. The summed E-state index contributed by atoms with van der Waals surface area (Å²) in [7, 11) is 0. The molecule has 10 rings (SSSR count). The van der Waals surface area contributed by atoms with Crippen LogP contribution >= 0.6 is 0 Å². The van der Waals surface area contributed by atoms with Crippen LogP contribution in [0, 0.1) is 0 Å². The van der Waals surface area contributed by atoms with E-state index in [1.165, 1.54) is 27.6 Å². The molecule has 3 nitrogen and oxygen atoms in total. The van der Waals surface area contributed by atoms with Gasteiger partial charge in [0.05, 0.1) is 16.8 Å². The Bertz CT molecular complexity index is 2500. The lowest BCUT2D eigenvalue weighted by molar-refractivity contribution is 0.436. The van der Waals surface area contributed by atoms with Crippen LogP contribution in [-0.4, -0.2) is 9.97 Å². The molecule has 7 aromatic carbocycles. The predicted molar refractivity (Wildman–Crippen MR) is 193 cm³/mol. The topological polar surface area (TPSA) is 35.0 Å². The SMILES string of the molecule is c1ccc(-c2nc(-c3ccc4c(c3)Oc3ccccc3C43c4ccccc4-c4ccccc43)cc(-c3cccc4ccccc34)n2)cc1. The zero-order valence-electron chi connectivity index (χ0n) is 26.0. The van der Waals surface area contributed by atoms with Crippen molar-refractivity contribution in [1.82, 2.24) is 9.97 Å². The molecule has 0 amide bonds. The zero-order valence-corrected chi connectivity index (χ0v) is 26.0. The van der Waals surface area contributed by atoms with E-state index in [9.17, 15) is 0 Å². The number of aromatic nitrogens is 2. The summed E-state index contributed by atoms with van der Waals surface area (Å²) in [6.07, 6.45) is 0.